The van der Waals surface area contributed by atoms with Crippen molar-refractivity contribution in [3.05, 3.63) is 23.4 Å². The Labute approximate surface area is 141 Å². The van der Waals surface area contributed by atoms with E-state index in [0.29, 0.717) is 18.2 Å². The zero-order chi connectivity index (χ0) is 16.3. The van der Waals surface area contributed by atoms with Gasteiger partial charge in [-0.1, -0.05) is 11.6 Å². The predicted molar refractivity (Wildman–Crippen MR) is 88.7 cm³/mol. The molecule has 0 radical (unpaired) electrons. The number of ether oxygens (including phenoxy) is 2. The molecule has 1 aromatic rings. The fourth-order valence-corrected chi connectivity index (χ4v) is 3.19. The van der Waals surface area contributed by atoms with Gasteiger partial charge in [-0.25, -0.2) is 4.98 Å². The molecule has 126 valence electrons. The minimum absolute atomic E-state index is 0.00530. The Hall–Kier alpha value is -1.33. The second-order valence-corrected chi connectivity index (χ2v) is 7.04. The number of esters is 1. The molecule has 0 aliphatic carbocycles. The van der Waals surface area contributed by atoms with Gasteiger partial charge in [0.2, 0.25) is 0 Å². The molecule has 3 heterocycles. The van der Waals surface area contributed by atoms with Crippen LogP contribution in [-0.4, -0.2) is 43.4 Å². The number of rotatable bonds is 3. The Morgan fingerprint density at radius 1 is 1.35 bits per heavy atom. The zero-order valence-electron chi connectivity index (χ0n) is 13.5. The van der Waals surface area contributed by atoms with Crippen molar-refractivity contribution >= 4 is 23.4 Å². The molecule has 0 atom stereocenters. The number of carbonyl (C=O) groups is 1. The van der Waals surface area contributed by atoms with E-state index in [0.717, 1.165) is 44.6 Å². The van der Waals surface area contributed by atoms with Crippen molar-refractivity contribution in [2.75, 3.05) is 31.2 Å². The number of pyridine rings is 1. The zero-order valence-corrected chi connectivity index (χ0v) is 14.2. The molecule has 0 aromatic carbocycles. The molecular weight excluding hydrogens is 316 g/mol. The van der Waals surface area contributed by atoms with Crippen molar-refractivity contribution in [1.29, 1.82) is 0 Å². The number of nitrogens with zero attached hydrogens (tertiary/aromatic N) is 2. The van der Waals surface area contributed by atoms with Gasteiger partial charge in [0.15, 0.2) is 0 Å². The summed E-state index contributed by atoms with van der Waals surface area (Å²) in [4.78, 5) is 19.0. The number of aromatic nitrogens is 1. The second-order valence-electron chi connectivity index (χ2n) is 6.60. The third-order valence-corrected chi connectivity index (χ3v) is 5.06. The van der Waals surface area contributed by atoms with Gasteiger partial charge in [0.05, 0.1) is 10.4 Å². The summed E-state index contributed by atoms with van der Waals surface area (Å²) in [6, 6.07) is 3.78. The highest BCUT2D eigenvalue weighted by atomic mass is 35.5. The molecule has 0 unspecified atom stereocenters. The normalized spacial score (nSPS) is 21.9. The summed E-state index contributed by atoms with van der Waals surface area (Å²) < 4.78 is 11.1. The first kappa shape index (κ1) is 16.5. The van der Waals surface area contributed by atoms with Gasteiger partial charge in [-0.05, 0) is 31.9 Å². The molecule has 0 spiro atoms. The standard InChI is InChI=1S/C17H23ClN2O3/c1-17(6-10-22-11-7-17)16(21)23-14-4-8-20(9-5-14)15-3-2-13(18)12-19-15/h2-3,12,14H,4-11H2,1H3. The minimum atomic E-state index is -0.382. The van der Waals surface area contributed by atoms with E-state index in [4.69, 9.17) is 21.1 Å². The van der Waals surface area contributed by atoms with Crippen LogP contribution in [0.5, 0.6) is 0 Å². The Bertz CT molecular complexity index is 535. The summed E-state index contributed by atoms with van der Waals surface area (Å²) in [6.45, 7) is 4.96. The van der Waals surface area contributed by atoms with Crippen LogP contribution in [0.4, 0.5) is 5.82 Å². The van der Waals surface area contributed by atoms with Gasteiger partial charge >= 0.3 is 5.97 Å². The van der Waals surface area contributed by atoms with Crippen LogP contribution >= 0.6 is 11.6 Å². The maximum Gasteiger partial charge on any atom is 0.312 e. The molecule has 1 aromatic heterocycles. The van der Waals surface area contributed by atoms with Crippen LogP contribution < -0.4 is 4.90 Å². The first-order valence-corrected chi connectivity index (χ1v) is 8.60. The summed E-state index contributed by atoms with van der Waals surface area (Å²) in [5.41, 5.74) is -0.382. The molecule has 2 saturated heterocycles. The average molecular weight is 339 g/mol. The van der Waals surface area contributed by atoms with Crippen molar-refractivity contribution in [3.8, 4) is 0 Å². The monoisotopic (exact) mass is 338 g/mol. The predicted octanol–water partition coefficient (Wildman–Crippen LogP) is 3.06. The van der Waals surface area contributed by atoms with Gasteiger partial charge in [-0.2, -0.15) is 0 Å². The van der Waals surface area contributed by atoms with Gasteiger partial charge < -0.3 is 14.4 Å². The van der Waals surface area contributed by atoms with Crippen LogP contribution in [0.2, 0.25) is 5.02 Å². The molecule has 0 bridgehead atoms. The third kappa shape index (κ3) is 3.96. The minimum Gasteiger partial charge on any atom is -0.462 e. The van der Waals surface area contributed by atoms with Gasteiger partial charge in [-0.3, -0.25) is 4.79 Å². The summed E-state index contributed by atoms with van der Waals surface area (Å²) in [5.74, 6) is 0.861. The molecule has 0 saturated carbocycles. The quantitative estimate of drug-likeness (QED) is 0.793. The van der Waals surface area contributed by atoms with Gasteiger partial charge in [0.1, 0.15) is 11.9 Å². The van der Waals surface area contributed by atoms with Crippen LogP contribution in [-0.2, 0) is 14.3 Å². The topological polar surface area (TPSA) is 51.7 Å². The molecule has 0 amide bonds. The summed E-state index contributed by atoms with van der Waals surface area (Å²) in [7, 11) is 0. The van der Waals surface area contributed by atoms with Crippen LogP contribution in [0.15, 0.2) is 18.3 Å². The lowest BCUT2D eigenvalue weighted by molar-refractivity contribution is -0.166. The molecule has 0 N–H and O–H groups in total. The Morgan fingerprint density at radius 3 is 2.65 bits per heavy atom. The molecule has 2 aliphatic heterocycles. The van der Waals surface area contributed by atoms with Crippen molar-refractivity contribution in [2.45, 2.75) is 38.7 Å². The number of carbonyl (C=O) groups excluding carboxylic acids is 1. The highest BCUT2D eigenvalue weighted by molar-refractivity contribution is 6.30. The molecule has 6 heteroatoms. The molecular formula is C17H23ClN2O3. The lowest BCUT2D eigenvalue weighted by atomic mass is 9.82. The van der Waals surface area contributed by atoms with Crippen LogP contribution in [0.1, 0.15) is 32.6 Å². The van der Waals surface area contributed by atoms with Crippen molar-refractivity contribution in [3.63, 3.8) is 0 Å². The van der Waals surface area contributed by atoms with Crippen molar-refractivity contribution < 1.29 is 14.3 Å². The lowest BCUT2D eigenvalue weighted by Crippen LogP contribution is -2.42. The molecule has 2 aliphatic rings. The summed E-state index contributed by atoms with van der Waals surface area (Å²) in [5, 5.41) is 0.641. The molecule has 3 rings (SSSR count). The summed E-state index contributed by atoms with van der Waals surface area (Å²) in [6.07, 6.45) is 4.84. The van der Waals surface area contributed by atoms with E-state index in [2.05, 4.69) is 9.88 Å². The number of anilines is 1. The number of piperidine rings is 1. The van der Waals surface area contributed by atoms with Gasteiger partial charge in [0, 0.05) is 45.3 Å². The number of hydrogen-bond acceptors (Lipinski definition) is 5. The second kappa shape index (κ2) is 7.05. The van der Waals surface area contributed by atoms with E-state index in [-0.39, 0.29) is 17.5 Å². The number of halogens is 1. The van der Waals surface area contributed by atoms with E-state index in [1.807, 2.05) is 19.1 Å². The molecule has 23 heavy (non-hydrogen) atoms. The molecule has 2 fully saturated rings. The first-order chi connectivity index (χ1) is 11.1. The smallest absolute Gasteiger partial charge is 0.312 e. The maximum absolute atomic E-state index is 12.5. The Balaban J connectivity index is 1.51. The first-order valence-electron chi connectivity index (χ1n) is 8.22. The largest absolute Gasteiger partial charge is 0.462 e. The van der Waals surface area contributed by atoms with Crippen molar-refractivity contribution in [1.82, 2.24) is 4.98 Å². The van der Waals surface area contributed by atoms with Crippen LogP contribution in [0.3, 0.4) is 0 Å². The van der Waals surface area contributed by atoms with Gasteiger partial charge in [0.25, 0.3) is 0 Å². The van der Waals surface area contributed by atoms with E-state index >= 15 is 0 Å². The van der Waals surface area contributed by atoms with E-state index in [1.165, 1.54) is 0 Å². The Morgan fingerprint density at radius 2 is 2.04 bits per heavy atom. The fourth-order valence-electron chi connectivity index (χ4n) is 3.08. The van der Waals surface area contributed by atoms with Gasteiger partial charge in [-0.15, -0.1) is 0 Å². The Kier molecular flexibility index (Phi) is 5.07. The lowest BCUT2D eigenvalue weighted by Gasteiger charge is -2.36. The maximum atomic E-state index is 12.5. The van der Waals surface area contributed by atoms with Crippen LogP contribution in [0, 0.1) is 5.41 Å². The van der Waals surface area contributed by atoms with E-state index in [9.17, 15) is 4.79 Å². The highest BCUT2D eigenvalue weighted by Crippen LogP contribution is 2.32. The fraction of sp³-hybridized carbons (Fsp3) is 0.647. The van der Waals surface area contributed by atoms with Crippen molar-refractivity contribution in [2.24, 2.45) is 5.41 Å². The average Bonchev–Trinajstić information content (AvgIpc) is 2.57. The molecule has 5 nitrogen and oxygen atoms in total. The number of hydrogen-bond donors (Lipinski definition) is 0. The SMILES string of the molecule is CC1(C(=O)OC2CCN(c3ccc(Cl)cn3)CC2)CCOCC1. The highest BCUT2D eigenvalue weighted by Gasteiger charge is 2.38. The summed E-state index contributed by atoms with van der Waals surface area (Å²) >= 11 is 5.87. The van der Waals surface area contributed by atoms with Crippen LogP contribution in [0.25, 0.3) is 0 Å². The van der Waals surface area contributed by atoms with E-state index < -0.39 is 0 Å². The van der Waals surface area contributed by atoms with E-state index in [1.54, 1.807) is 6.20 Å². The third-order valence-electron chi connectivity index (χ3n) is 4.84.